The van der Waals surface area contributed by atoms with E-state index in [4.69, 9.17) is 10.5 Å². The van der Waals surface area contributed by atoms with Crippen LogP contribution in [0, 0.1) is 5.92 Å². The number of amides is 4. The molecule has 4 amide bonds. The highest BCUT2D eigenvalue weighted by atomic mass is 16.5. The second kappa shape index (κ2) is 7.70. The first-order valence-electron chi connectivity index (χ1n) is 9.88. The van der Waals surface area contributed by atoms with Crippen LogP contribution in [0.2, 0.25) is 0 Å². The summed E-state index contributed by atoms with van der Waals surface area (Å²) in [5.41, 5.74) is 6.19. The molecule has 2 aromatic carbocycles. The topological polar surface area (TPSA) is 114 Å². The lowest BCUT2D eigenvalue weighted by Gasteiger charge is -2.52. The van der Waals surface area contributed by atoms with Crippen molar-refractivity contribution in [3.05, 3.63) is 60.2 Å². The van der Waals surface area contributed by atoms with Crippen molar-refractivity contribution in [1.29, 1.82) is 0 Å². The van der Waals surface area contributed by atoms with Crippen LogP contribution >= 0.6 is 0 Å². The summed E-state index contributed by atoms with van der Waals surface area (Å²) in [6.45, 7) is 2.21. The third-order valence-corrected chi connectivity index (χ3v) is 5.71. The lowest BCUT2D eigenvalue weighted by Crippen LogP contribution is -2.65. The lowest BCUT2D eigenvalue weighted by atomic mass is 9.73. The van der Waals surface area contributed by atoms with Crippen molar-refractivity contribution in [2.24, 2.45) is 11.7 Å². The summed E-state index contributed by atoms with van der Waals surface area (Å²) in [7, 11) is 0. The number of nitrogens with zero attached hydrogens (tertiary/aromatic N) is 1. The first kappa shape index (κ1) is 19.8. The Balaban J connectivity index is 1.48. The van der Waals surface area contributed by atoms with Crippen molar-refractivity contribution in [2.75, 3.05) is 18.4 Å². The number of nitrogens with one attached hydrogen (secondary N) is 2. The molecule has 1 saturated heterocycles. The van der Waals surface area contributed by atoms with Gasteiger partial charge in [-0.3, -0.25) is 9.59 Å². The fourth-order valence-corrected chi connectivity index (χ4v) is 4.36. The number of fused-ring (bicyclic) bond motifs is 4. The van der Waals surface area contributed by atoms with Crippen LogP contribution < -0.4 is 21.1 Å². The predicted octanol–water partition coefficient (Wildman–Crippen LogP) is 2.03. The monoisotopic (exact) mass is 408 g/mol. The van der Waals surface area contributed by atoms with Gasteiger partial charge in [-0.15, -0.1) is 0 Å². The van der Waals surface area contributed by atoms with Crippen molar-refractivity contribution >= 4 is 23.5 Å². The van der Waals surface area contributed by atoms with Gasteiger partial charge in [-0.05, 0) is 30.7 Å². The number of primary amides is 1. The number of nitrogens with two attached hydrogens (primary N) is 1. The van der Waals surface area contributed by atoms with Crippen molar-refractivity contribution < 1.29 is 19.1 Å². The Bertz CT molecular complexity index is 980. The molecule has 156 valence electrons. The molecule has 2 aliphatic rings. The van der Waals surface area contributed by atoms with E-state index in [1.807, 2.05) is 49.4 Å². The Hall–Kier alpha value is -3.55. The lowest BCUT2D eigenvalue weighted by molar-refractivity contribution is -0.175. The van der Waals surface area contributed by atoms with Gasteiger partial charge in [0.25, 0.3) is 0 Å². The highest BCUT2D eigenvalue weighted by molar-refractivity contribution is 6.02. The number of para-hydroxylation sites is 2. The van der Waals surface area contributed by atoms with Crippen LogP contribution in [0.4, 0.5) is 10.5 Å². The Morgan fingerprint density at radius 1 is 1.17 bits per heavy atom. The van der Waals surface area contributed by atoms with Crippen LogP contribution in [0.15, 0.2) is 54.6 Å². The van der Waals surface area contributed by atoms with Gasteiger partial charge in [-0.25, -0.2) is 4.79 Å². The SMILES string of the molecule is C[C@@]12C[C@@H](c3ccccc3O1)[C@H](C(N)=O)C(=O)N2CCNC(=O)Nc1ccccc1. The molecule has 0 saturated carbocycles. The molecule has 30 heavy (non-hydrogen) atoms. The van der Waals surface area contributed by atoms with Crippen molar-refractivity contribution in [3.63, 3.8) is 0 Å². The molecular formula is C22H24N4O4. The van der Waals surface area contributed by atoms with Gasteiger partial charge in [0.05, 0.1) is 0 Å². The van der Waals surface area contributed by atoms with E-state index in [0.29, 0.717) is 17.9 Å². The smallest absolute Gasteiger partial charge is 0.319 e. The van der Waals surface area contributed by atoms with E-state index < -0.39 is 17.6 Å². The number of piperidine rings is 1. The zero-order valence-corrected chi connectivity index (χ0v) is 16.6. The van der Waals surface area contributed by atoms with Crippen molar-refractivity contribution in [1.82, 2.24) is 10.2 Å². The minimum absolute atomic E-state index is 0.191. The number of hydrogen-bond donors (Lipinski definition) is 3. The van der Waals surface area contributed by atoms with E-state index in [9.17, 15) is 14.4 Å². The third-order valence-electron chi connectivity index (χ3n) is 5.71. The molecule has 0 radical (unpaired) electrons. The minimum Gasteiger partial charge on any atom is -0.468 e. The van der Waals surface area contributed by atoms with E-state index in [1.165, 1.54) is 4.90 Å². The van der Waals surface area contributed by atoms with Crippen LogP contribution in [0.25, 0.3) is 0 Å². The largest absolute Gasteiger partial charge is 0.468 e. The Morgan fingerprint density at radius 3 is 2.60 bits per heavy atom. The Kier molecular flexibility index (Phi) is 5.07. The molecule has 2 aliphatic heterocycles. The van der Waals surface area contributed by atoms with E-state index in [-0.39, 0.29) is 30.9 Å². The average Bonchev–Trinajstić information content (AvgIpc) is 2.70. The standard InChI is InChI=1S/C22H24N4O4/c1-22-13-16(15-9-5-6-10-17(15)30-22)18(19(23)27)20(28)26(22)12-11-24-21(29)25-14-7-3-2-4-8-14/h2-10,16,18H,11-13H2,1H3,(H2,23,27)(H2,24,25,29)/t16-,18+,22-/m0/s1. The number of anilines is 1. The normalized spacial score (nSPS) is 24.4. The summed E-state index contributed by atoms with van der Waals surface area (Å²) in [5, 5.41) is 5.46. The van der Waals surface area contributed by atoms with Crippen LogP contribution in [0.1, 0.15) is 24.8 Å². The average molecular weight is 408 g/mol. The van der Waals surface area contributed by atoms with Gasteiger partial charge in [0, 0.05) is 31.1 Å². The van der Waals surface area contributed by atoms with Crippen molar-refractivity contribution in [2.45, 2.75) is 25.0 Å². The Labute approximate surface area is 174 Å². The molecule has 2 bridgehead atoms. The molecule has 8 nitrogen and oxygen atoms in total. The maximum atomic E-state index is 13.2. The minimum atomic E-state index is -0.957. The van der Waals surface area contributed by atoms with E-state index >= 15 is 0 Å². The molecule has 4 N–H and O–H groups in total. The molecule has 1 fully saturated rings. The zero-order valence-electron chi connectivity index (χ0n) is 16.6. The number of urea groups is 1. The highest BCUT2D eigenvalue weighted by Crippen LogP contribution is 2.49. The van der Waals surface area contributed by atoms with Crippen LogP contribution in [-0.2, 0) is 9.59 Å². The molecule has 2 heterocycles. The van der Waals surface area contributed by atoms with Crippen LogP contribution in [0.5, 0.6) is 5.75 Å². The number of benzene rings is 2. The highest BCUT2D eigenvalue weighted by Gasteiger charge is 2.55. The quantitative estimate of drug-likeness (QED) is 0.657. The molecule has 3 atom stereocenters. The number of ether oxygens (including phenoxy) is 1. The second-order valence-corrected chi connectivity index (χ2v) is 7.74. The Morgan fingerprint density at radius 2 is 1.87 bits per heavy atom. The summed E-state index contributed by atoms with van der Waals surface area (Å²) in [6, 6.07) is 16.1. The fourth-order valence-electron chi connectivity index (χ4n) is 4.36. The second-order valence-electron chi connectivity index (χ2n) is 7.74. The number of hydrogen-bond acceptors (Lipinski definition) is 4. The van der Waals surface area contributed by atoms with E-state index in [2.05, 4.69) is 10.6 Å². The summed E-state index contributed by atoms with van der Waals surface area (Å²) >= 11 is 0. The molecule has 0 aromatic heterocycles. The maximum absolute atomic E-state index is 13.2. The molecule has 2 aromatic rings. The van der Waals surface area contributed by atoms with Crippen molar-refractivity contribution in [3.8, 4) is 5.75 Å². The summed E-state index contributed by atoms with van der Waals surface area (Å²) in [4.78, 5) is 39.0. The van der Waals surface area contributed by atoms with Gasteiger partial charge in [0.2, 0.25) is 11.8 Å². The first-order chi connectivity index (χ1) is 14.4. The fraction of sp³-hybridized carbons (Fsp3) is 0.318. The summed E-state index contributed by atoms with van der Waals surface area (Å²) in [6.07, 6.45) is 0.458. The molecule has 8 heteroatoms. The van der Waals surface area contributed by atoms with Gasteiger partial charge >= 0.3 is 6.03 Å². The zero-order chi connectivity index (χ0) is 21.3. The van der Waals surface area contributed by atoms with E-state index in [0.717, 1.165) is 5.56 Å². The first-order valence-corrected chi connectivity index (χ1v) is 9.88. The molecule has 0 unspecified atom stereocenters. The summed E-state index contributed by atoms with van der Waals surface area (Å²) < 4.78 is 6.18. The third kappa shape index (κ3) is 3.56. The van der Waals surface area contributed by atoms with Gasteiger partial charge in [0.15, 0.2) is 5.72 Å². The predicted molar refractivity (Wildman–Crippen MR) is 111 cm³/mol. The number of carbonyl (C=O) groups excluding carboxylic acids is 3. The maximum Gasteiger partial charge on any atom is 0.319 e. The molecular weight excluding hydrogens is 384 g/mol. The molecule has 4 rings (SSSR count). The summed E-state index contributed by atoms with van der Waals surface area (Å²) in [5.74, 6) is -1.66. The number of rotatable bonds is 5. The number of carbonyl (C=O) groups is 3. The van der Waals surface area contributed by atoms with Gasteiger partial charge < -0.3 is 26.0 Å². The van der Waals surface area contributed by atoms with Crippen LogP contribution in [-0.4, -0.2) is 41.6 Å². The van der Waals surface area contributed by atoms with Gasteiger partial charge in [-0.2, -0.15) is 0 Å². The van der Waals surface area contributed by atoms with Crippen LogP contribution in [0.3, 0.4) is 0 Å². The number of likely N-dealkylation sites (tertiary alicyclic amines) is 1. The molecule has 0 spiro atoms. The van der Waals surface area contributed by atoms with E-state index in [1.54, 1.807) is 12.1 Å². The van der Waals surface area contributed by atoms with Gasteiger partial charge in [0.1, 0.15) is 11.7 Å². The van der Waals surface area contributed by atoms with Gasteiger partial charge in [-0.1, -0.05) is 36.4 Å². The molecule has 0 aliphatic carbocycles.